The van der Waals surface area contributed by atoms with Crippen molar-refractivity contribution >= 4 is 0 Å². The largest absolute Gasteiger partial charge is 0.372 e. The van der Waals surface area contributed by atoms with Crippen LogP contribution in [0.15, 0.2) is 18.2 Å². The van der Waals surface area contributed by atoms with Gasteiger partial charge in [0.05, 0.1) is 13.2 Å². The van der Waals surface area contributed by atoms with Crippen molar-refractivity contribution < 1.29 is 4.74 Å². The van der Waals surface area contributed by atoms with E-state index in [4.69, 9.17) is 4.74 Å². The fraction of sp³-hybridized carbons (Fsp3) is 0.625. The summed E-state index contributed by atoms with van der Waals surface area (Å²) >= 11 is 0. The third-order valence-electron chi connectivity index (χ3n) is 4.16. The van der Waals surface area contributed by atoms with Crippen LogP contribution in [0.2, 0.25) is 0 Å². The summed E-state index contributed by atoms with van der Waals surface area (Å²) in [5.74, 6) is 1.02. The molecule has 0 bridgehead atoms. The molecule has 0 amide bonds. The number of hydrogen-bond donors (Lipinski definition) is 1. The van der Waals surface area contributed by atoms with Gasteiger partial charge in [-0.1, -0.05) is 38.0 Å². The zero-order valence-electron chi connectivity index (χ0n) is 11.2. The molecule has 0 radical (unpaired) electrons. The summed E-state index contributed by atoms with van der Waals surface area (Å²) in [4.78, 5) is 0. The third-order valence-corrected chi connectivity index (χ3v) is 4.16. The van der Waals surface area contributed by atoms with E-state index in [1.165, 1.54) is 42.4 Å². The molecule has 1 fully saturated rings. The van der Waals surface area contributed by atoms with Gasteiger partial charge in [0.2, 0.25) is 0 Å². The maximum atomic E-state index is 5.50. The second kappa shape index (κ2) is 5.41. The van der Waals surface area contributed by atoms with Crippen LogP contribution in [0, 0.1) is 5.92 Å². The van der Waals surface area contributed by atoms with Crippen molar-refractivity contribution in [3.8, 4) is 0 Å². The van der Waals surface area contributed by atoms with Crippen molar-refractivity contribution in [1.29, 1.82) is 0 Å². The van der Waals surface area contributed by atoms with Crippen molar-refractivity contribution in [2.75, 3.05) is 6.54 Å². The molecule has 1 unspecified atom stereocenters. The van der Waals surface area contributed by atoms with Crippen LogP contribution in [0.25, 0.3) is 0 Å². The van der Waals surface area contributed by atoms with Crippen LogP contribution in [-0.2, 0) is 18.0 Å². The van der Waals surface area contributed by atoms with Gasteiger partial charge in [0.25, 0.3) is 0 Å². The minimum Gasteiger partial charge on any atom is -0.372 e. The lowest BCUT2D eigenvalue weighted by atomic mass is 9.97. The van der Waals surface area contributed by atoms with Gasteiger partial charge < -0.3 is 10.1 Å². The molecule has 0 saturated heterocycles. The smallest absolute Gasteiger partial charge is 0.0725 e. The van der Waals surface area contributed by atoms with E-state index in [2.05, 4.69) is 30.4 Å². The molecule has 2 aliphatic rings. The Morgan fingerprint density at radius 3 is 2.89 bits per heavy atom. The van der Waals surface area contributed by atoms with E-state index in [0.29, 0.717) is 6.04 Å². The van der Waals surface area contributed by atoms with Crippen LogP contribution in [0.1, 0.15) is 55.3 Å². The van der Waals surface area contributed by atoms with Crippen LogP contribution >= 0.6 is 0 Å². The summed E-state index contributed by atoms with van der Waals surface area (Å²) in [5.41, 5.74) is 4.21. The van der Waals surface area contributed by atoms with E-state index in [0.717, 1.165) is 25.7 Å². The molecule has 1 aliphatic heterocycles. The SMILES string of the molecule is CCNC(CCC1CC1)c1ccc2c(c1)COC2. The summed E-state index contributed by atoms with van der Waals surface area (Å²) in [7, 11) is 0. The molecule has 98 valence electrons. The highest BCUT2D eigenvalue weighted by molar-refractivity contribution is 5.34. The van der Waals surface area contributed by atoms with Gasteiger partial charge in [-0.15, -0.1) is 0 Å². The highest BCUT2D eigenvalue weighted by Crippen LogP contribution is 2.36. The van der Waals surface area contributed by atoms with Crippen molar-refractivity contribution in [3.63, 3.8) is 0 Å². The Balaban J connectivity index is 1.71. The molecule has 1 aromatic rings. The van der Waals surface area contributed by atoms with Gasteiger partial charge in [-0.05, 0) is 42.0 Å². The van der Waals surface area contributed by atoms with Crippen molar-refractivity contribution in [2.24, 2.45) is 5.92 Å². The predicted octanol–water partition coefficient (Wildman–Crippen LogP) is 3.56. The molecule has 1 atom stereocenters. The summed E-state index contributed by atoms with van der Waals surface area (Å²) in [5, 5.41) is 3.63. The maximum absolute atomic E-state index is 5.50. The van der Waals surface area contributed by atoms with E-state index in [9.17, 15) is 0 Å². The fourth-order valence-corrected chi connectivity index (χ4v) is 2.85. The molecule has 0 spiro atoms. The van der Waals surface area contributed by atoms with Crippen molar-refractivity contribution in [3.05, 3.63) is 34.9 Å². The summed E-state index contributed by atoms with van der Waals surface area (Å²) in [6, 6.07) is 7.41. The molecule has 1 heterocycles. The second-order valence-electron chi connectivity index (χ2n) is 5.65. The average Bonchev–Trinajstić information content (AvgIpc) is 3.10. The summed E-state index contributed by atoms with van der Waals surface area (Å²) in [6.45, 7) is 4.83. The van der Waals surface area contributed by atoms with Crippen LogP contribution < -0.4 is 5.32 Å². The monoisotopic (exact) mass is 245 g/mol. The Labute approximate surface area is 110 Å². The number of rotatable bonds is 6. The molecule has 1 N–H and O–H groups in total. The maximum Gasteiger partial charge on any atom is 0.0725 e. The first-order chi connectivity index (χ1) is 8.86. The Morgan fingerprint density at radius 1 is 1.28 bits per heavy atom. The van der Waals surface area contributed by atoms with Gasteiger partial charge in [0.15, 0.2) is 0 Å². The predicted molar refractivity (Wildman–Crippen MR) is 73.3 cm³/mol. The Bertz CT molecular complexity index is 412. The molecule has 2 heteroatoms. The van der Waals surface area contributed by atoms with Gasteiger partial charge in [-0.3, -0.25) is 0 Å². The van der Waals surface area contributed by atoms with E-state index in [1.807, 2.05) is 0 Å². The normalized spacial score (nSPS) is 19.8. The molecule has 0 aromatic heterocycles. The Morgan fingerprint density at radius 2 is 2.11 bits per heavy atom. The lowest BCUT2D eigenvalue weighted by molar-refractivity contribution is 0.134. The van der Waals surface area contributed by atoms with Gasteiger partial charge in [0.1, 0.15) is 0 Å². The topological polar surface area (TPSA) is 21.3 Å². The second-order valence-corrected chi connectivity index (χ2v) is 5.65. The zero-order valence-corrected chi connectivity index (χ0v) is 11.2. The first kappa shape index (κ1) is 12.2. The molecular formula is C16H23NO. The molecule has 3 rings (SSSR count). The molecule has 2 nitrogen and oxygen atoms in total. The van der Waals surface area contributed by atoms with Crippen molar-refractivity contribution in [2.45, 2.75) is 51.9 Å². The lowest BCUT2D eigenvalue weighted by Crippen LogP contribution is -2.21. The van der Waals surface area contributed by atoms with Gasteiger partial charge in [-0.2, -0.15) is 0 Å². The molecular weight excluding hydrogens is 222 g/mol. The van der Waals surface area contributed by atoms with Gasteiger partial charge in [-0.25, -0.2) is 0 Å². The molecule has 18 heavy (non-hydrogen) atoms. The number of ether oxygens (including phenoxy) is 1. The zero-order chi connectivity index (χ0) is 12.4. The first-order valence-corrected chi connectivity index (χ1v) is 7.29. The van der Waals surface area contributed by atoms with E-state index in [-0.39, 0.29) is 0 Å². The summed E-state index contributed by atoms with van der Waals surface area (Å²) < 4.78 is 5.50. The molecule has 1 aliphatic carbocycles. The van der Waals surface area contributed by atoms with E-state index in [1.54, 1.807) is 0 Å². The van der Waals surface area contributed by atoms with E-state index >= 15 is 0 Å². The highest BCUT2D eigenvalue weighted by atomic mass is 16.5. The van der Waals surface area contributed by atoms with Crippen molar-refractivity contribution in [1.82, 2.24) is 5.32 Å². The van der Waals surface area contributed by atoms with Crippen LogP contribution in [0.4, 0.5) is 0 Å². The Hall–Kier alpha value is -0.860. The lowest BCUT2D eigenvalue weighted by Gasteiger charge is -2.19. The van der Waals surface area contributed by atoms with Gasteiger partial charge >= 0.3 is 0 Å². The third kappa shape index (κ3) is 2.76. The number of nitrogens with one attached hydrogen (secondary N) is 1. The molecule has 1 saturated carbocycles. The Kier molecular flexibility index (Phi) is 3.67. The quantitative estimate of drug-likeness (QED) is 0.827. The fourth-order valence-electron chi connectivity index (χ4n) is 2.85. The molecule has 1 aromatic carbocycles. The highest BCUT2D eigenvalue weighted by Gasteiger charge is 2.23. The minimum absolute atomic E-state index is 0.529. The standard InChI is InChI=1S/C16H23NO/c1-2-17-16(8-5-12-3-4-12)13-6-7-14-10-18-11-15(14)9-13/h6-7,9,12,16-17H,2-5,8,10-11H2,1H3. The minimum atomic E-state index is 0.529. The average molecular weight is 245 g/mol. The number of fused-ring (bicyclic) bond motifs is 1. The number of hydrogen-bond acceptors (Lipinski definition) is 2. The first-order valence-electron chi connectivity index (χ1n) is 7.29. The van der Waals surface area contributed by atoms with Gasteiger partial charge in [0, 0.05) is 6.04 Å². The van der Waals surface area contributed by atoms with Crippen LogP contribution in [-0.4, -0.2) is 6.54 Å². The number of benzene rings is 1. The van der Waals surface area contributed by atoms with E-state index < -0.39 is 0 Å². The summed E-state index contributed by atoms with van der Waals surface area (Å²) in [6.07, 6.45) is 5.57. The van der Waals surface area contributed by atoms with Crippen LogP contribution in [0.3, 0.4) is 0 Å². The van der Waals surface area contributed by atoms with Crippen LogP contribution in [0.5, 0.6) is 0 Å².